The first-order valence-corrected chi connectivity index (χ1v) is 6.46. The third kappa shape index (κ3) is 3.54. The van der Waals surface area contributed by atoms with E-state index in [9.17, 15) is 13.6 Å². The number of carboxylic acid groups (broad SMARTS) is 1. The van der Waals surface area contributed by atoms with Gasteiger partial charge in [-0.1, -0.05) is 22.0 Å². The zero-order valence-corrected chi connectivity index (χ0v) is 11.7. The van der Waals surface area contributed by atoms with E-state index in [1.54, 1.807) is 6.07 Å². The number of aromatic carboxylic acids is 1. The Labute approximate surface area is 122 Å². The summed E-state index contributed by atoms with van der Waals surface area (Å²) in [5, 5.41) is 11.7. The van der Waals surface area contributed by atoms with Crippen molar-refractivity contribution in [1.82, 2.24) is 0 Å². The van der Waals surface area contributed by atoms with Crippen molar-refractivity contribution in [2.24, 2.45) is 0 Å². The molecule has 2 aromatic rings. The fraction of sp³-hybridized carbons (Fsp3) is 0.0714. The molecule has 2 rings (SSSR count). The molecule has 0 fully saturated rings. The molecule has 0 amide bonds. The van der Waals surface area contributed by atoms with E-state index in [0.29, 0.717) is 16.7 Å². The lowest BCUT2D eigenvalue weighted by Crippen LogP contribution is -2.03. The van der Waals surface area contributed by atoms with E-state index >= 15 is 0 Å². The summed E-state index contributed by atoms with van der Waals surface area (Å²) in [6, 6.07) is 7.74. The number of hydrogen-bond donors (Lipinski definition) is 2. The van der Waals surface area contributed by atoms with Gasteiger partial charge in [-0.05, 0) is 29.8 Å². The third-order valence-corrected chi connectivity index (χ3v) is 3.38. The molecule has 0 heterocycles. The number of carboxylic acids is 1. The van der Waals surface area contributed by atoms with E-state index in [1.165, 1.54) is 24.3 Å². The van der Waals surface area contributed by atoms with Crippen molar-refractivity contribution < 1.29 is 18.7 Å². The summed E-state index contributed by atoms with van der Waals surface area (Å²) >= 11 is 3.27. The Hall–Kier alpha value is -1.95. The van der Waals surface area contributed by atoms with Crippen molar-refractivity contribution >= 4 is 27.6 Å². The largest absolute Gasteiger partial charge is 0.478 e. The molecule has 0 spiro atoms. The Morgan fingerprint density at radius 1 is 1.15 bits per heavy atom. The summed E-state index contributed by atoms with van der Waals surface area (Å²) in [6.45, 7) is 0.309. The van der Waals surface area contributed by atoms with Gasteiger partial charge in [0.05, 0.1) is 5.56 Å². The van der Waals surface area contributed by atoms with Crippen molar-refractivity contribution in [2.45, 2.75) is 6.54 Å². The van der Waals surface area contributed by atoms with Gasteiger partial charge in [0, 0.05) is 22.8 Å². The summed E-state index contributed by atoms with van der Waals surface area (Å²) in [5.74, 6) is -2.34. The Morgan fingerprint density at radius 2 is 1.80 bits per heavy atom. The first kappa shape index (κ1) is 14.5. The molecule has 0 aromatic heterocycles. The highest BCUT2D eigenvalue weighted by molar-refractivity contribution is 9.10. The fourth-order valence-corrected chi connectivity index (χ4v) is 2.20. The second kappa shape index (κ2) is 6.00. The van der Waals surface area contributed by atoms with Crippen LogP contribution in [0.2, 0.25) is 0 Å². The van der Waals surface area contributed by atoms with Crippen LogP contribution in [0.3, 0.4) is 0 Å². The molecule has 0 aliphatic heterocycles. The SMILES string of the molecule is O=C(O)c1ccc(CNc2cc(F)cc(F)c2)c(Br)c1. The smallest absolute Gasteiger partial charge is 0.335 e. The van der Waals surface area contributed by atoms with Crippen molar-refractivity contribution in [3.05, 3.63) is 63.6 Å². The standard InChI is InChI=1S/C14H10BrF2NO2/c15-13-3-8(14(19)20)1-2-9(13)7-18-12-5-10(16)4-11(17)6-12/h1-6,18H,7H2,(H,19,20). The summed E-state index contributed by atoms with van der Waals surface area (Å²) in [5.41, 5.74) is 1.26. The van der Waals surface area contributed by atoms with E-state index in [4.69, 9.17) is 5.11 Å². The predicted molar refractivity (Wildman–Crippen MR) is 74.8 cm³/mol. The molecule has 3 nitrogen and oxygen atoms in total. The second-order valence-corrected chi connectivity index (χ2v) is 4.98. The lowest BCUT2D eigenvalue weighted by atomic mass is 10.1. The van der Waals surface area contributed by atoms with Crippen molar-refractivity contribution in [2.75, 3.05) is 5.32 Å². The lowest BCUT2D eigenvalue weighted by Gasteiger charge is -2.09. The minimum Gasteiger partial charge on any atom is -0.478 e. The van der Waals surface area contributed by atoms with Gasteiger partial charge in [-0.25, -0.2) is 13.6 Å². The highest BCUT2D eigenvalue weighted by atomic mass is 79.9. The summed E-state index contributed by atoms with van der Waals surface area (Å²) in [6.07, 6.45) is 0. The van der Waals surface area contributed by atoms with Gasteiger partial charge in [-0.3, -0.25) is 0 Å². The molecular weight excluding hydrogens is 332 g/mol. The number of carbonyl (C=O) groups is 1. The van der Waals surface area contributed by atoms with Crippen LogP contribution in [0.5, 0.6) is 0 Å². The predicted octanol–water partition coefficient (Wildman–Crippen LogP) is 4.04. The normalized spacial score (nSPS) is 10.3. The molecule has 0 unspecified atom stereocenters. The maximum atomic E-state index is 13.0. The Bertz CT molecular complexity index is 641. The third-order valence-electron chi connectivity index (χ3n) is 2.65. The van der Waals surface area contributed by atoms with Crippen LogP contribution >= 0.6 is 15.9 Å². The molecule has 0 saturated heterocycles. The van der Waals surface area contributed by atoms with Crippen LogP contribution in [0.4, 0.5) is 14.5 Å². The maximum absolute atomic E-state index is 13.0. The summed E-state index contributed by atoms with van der Waals surface area (Å²) in [4.78, 5) is 10.8. The van der Waals surface area contributed by atoms with Crippen LogP contribution < -0.4 is 5.32 Å². The Balaban J connectivity index is 2.12. The molecule has 2 N–H and O–H groups in total. The number of benzene rings is 2. The van der Waals surface area contributed by atoms with Gasteiger partial charge in [0.2, 0.25) is 0 Å². The number of rotatable bonds is 4. The van der Waals surface area contributed by atoms with E-state index in [-0.39, 0.29) is 5.56 Å². The van der Waals surface area contributed by atoms with Crippen LogP contribution in [0.1, 0.15) is 15.9 Å². The van der Waals surface area contributed by atoms with E-state index in [2.05, 4.69) is 21.2 Å². The van der Waals surface area contributed by atoms with Crippen LogP contribution in [0, 0.1) is 11.6 Å². The highest BCUT2D eigenvalue weighted by Crippen LogP contribution is 2.21. The minimum absolute atomic E-state index is 0.164. The zero-order valence-electron chi connectivity index (χ0n) is 10.2. The summed E-state index contributed by atoms with van der Waals surface area (Å²) in [7, 11) is 0. The molecular formula is C14H10BrF2NO2. The molecule has 2 aromatic carbocycles. The molecule has 0 bridgehead atoms. The van der Waals surface area contributed by atoms with Crippen molar-refractivity contribution in [3.63, 3.8) is 0 Å². The first-order valence-electron chi connectivity index (χ1n) is 5.67. The number of hydrogen-bond acceptors (Lipinski definition) is 2. The zero-order chi connectivity index (χ0) is 14.7. The monoisotopic (exact) mass is 341 g/mol. The van der Waals surface area contributed by atoms with Crippen molar-refractivity contribution in [1.29, 1.82) is 0 Å². The molecule has 0 saturated carbocycles. The maximum Gasteiger partial charge on any atom is 0.335 e. The average molecular weight is 342 g/mol. The lowest BCUT2D eigenvalue weighted by molar-refractivity contribution is 0.0697. The van der Waals surface area contributed by atoms with Gasteiger partial charge in [0.25, 0.3) is 0 Å². The Morgan fingerprint density at radius 3 is 2.35 bits per heavy atom. The number of nitrogens with one attached hydrogen (secondary N) is 1. The minimum atomic E-state index is -1.02. The van der Waals surface area contributed by atoms with Crippen molar-refractivity contribution in [3.8, 4) is 0 Å². The van der Waals surface area contributed by atoms with Crippen LogP contribution in [0.25, 0.3) is 0 Å². The van der Waals surface area contributed by atoms with Gasteiger partial charge >= 0.3 is 5.97 Å². The first-order chi connectivity index (χ1) is 9.45. The fourth-order valence-electron chi connectivity index (χ4n) is 1.68. The van der Waals surface area contributed by atoms with Gasteiger partial charge in [-0.15, -0.1) is 0 Å². The van der Waals surface area contributed by atoms with E-state index in [0.717, 1.165) is 11.6 Å². The van der Waals surface area contributed by atoms with Crippen LogP contribution in [0.15, 0.2) is 40.9 Å². The second-order valence-electron chi connectivity index (χ2n) is 4.12. The molecule has 104 valence electrons. The number of halogens is 3. The van der Waals surface area contributed by atoms with Crippen LogP contribution in [-0.2, 0) is 6.54 Å². The summed E-state index contributed by atoms with van der Waals surface area (Å²) < 4.78 is 26.7. The van der Waals surface area contributed by atoms with E-state index in [1.807, 2.05) is 0 Å². The average Bonchev–Trinajstić information content (AvgIpc) is 2.36. The number of anilines is 1. The topological polar surface area (TPSA) is 49.3 Å². The quantitative estimate of drug-likeness (QED) is 0.882. The van der Waals surface area contributed by atoms with E-state index < -0.39 is 17.6 Å². The van der Waals surface area contributed by atoms with Crippen LogP contribution in [-0.4, -0.2) is 11.1 Å². The van der Waals surface area contributed by atoms with Gasteiger partial charge in [0.1, 0.15) is 11.6 Å². The van der Waals surface area contributed by atoms with Gasteiger partial charge in [-0.2, -0.15) is 0 Å². The molecule has 0 radical (unpaired) electrons. The molecule has 0 aliphatic rings. The molecule has 0 aliphatic carbocycles. The molecule has 20 heavy (non-hydrogen) atoms. The highest BCUT2D eigenvalue weighted by Gasteiger charge is 2.07. The Kier molecular flexibility index (Phi) is 4.34. The molecule has 6 heteroatoms. The molecule has 0 atom stereocenters. The van der Waals surface area contributed by atoms with Gasteiger partial charge in [0.15, 0.2) is 0 Å². The van der Waals surface area contributed by atoms with Gasteiger partial charge < -0.3 is 10.4 Å².